The molecule has 9 heteroatoms. The summed E-state index contributed by atoms with van der Waals surface area (Å²) in [6, 6.07) is 11.8. The molecule has 1 atom stereocenters. The summed E-state index contributed by atoms with van der Waals surface area (Å²) in [5, 5.41) is 22.1. The summed E-state index contributed by atoms with van der Waals surface area (Å²) in [5.74, 6) is -1.76. The number of nitro benzene ring substituents is 1. The van der Waals surface area contributed by atoms with E-state index in [4.69, 9.17) is 0 Å². The highest BCUT2D eigenvalue weighted by Crippen LogP contribution is 2.39. The van der Waals surface area contributed by atoms with E-state index in [-0.39, 0.29) is 23.6 Å². The third-order valence-electron chi connectivity index (χ3n) is 5.66. The van der Waals surface area contributed by atoms with Crippen LogP contribution in [0.2, 0.25) is 0 Å². The second-order valence-electron chi connectivity index (χ2n) is 7.86. The first-order valence-electron chi connectivity index (χ1n) is 10.4. The highest BCUT2D eigenvalue weighted by molar-refractivity contribution is 6.46. The van der Waals surface area contributed by atoms with Gasteiger partial charge in [-0.05, 0) is 31.0 Å². The third-order valence-corrected chi connectivity index (χ3v) is 5.66. The van der Waals surface area contributed by atoms with Gasteiger partial charge in [-0.15, -0.1) is 0 Å². The zero-order chi connectivity index (χ0) is 23.5. The maximum Gasteiger partial charge on any atom is 0.295 e. The predicted molar refractivity (Wildman–Crippen MR) is 120 cm³/mol. The number of aliphatic hydroxyl groups is 1. The highest BCUT2D eigenvalue weighted by atomic mass is 16.6. The van der Waals surface area contributed by atoms with Crippen molar-refractivity contribution < 1.29 is 19.6 Å². The van der Waals surface area contributed by atoms with Crippen LogP contribution < -0.4 is 0 Å². The summed E-state index contributed by atoms with van der Waals surface area (Å²) in [6.07, 6.45) is 5.68. The molecule has 0 bridgehead atoms. The lowest BCUT2D eigenvalue weighted by molar-refractivity contribution is -0.384. The SMILES string of the molecule is Cc1ccc(/C(O)=C2/C(=O)C(=O)N(CCCn3ccnc3)C2c2ccc([N+](=O)[O-])cc2)cc1. The smallest absolute Gasteiger partial charge is 0.295 e. The van der Waals surface area contributed by atoms with Crippen molar-refractivity contribution >= 4 is 23.1 Å². The molecule has 0 saturated carbocycles. The number of nitro groups is 1. The van der Waals surface area contributed by atoms with Gasteiger partial charge in [-0.25, -0.2) is 4.98 Å². The third kappa shape index (κ3) is 4.38. The number of ketones is 1. The van der Waals surface area contributed by atoms with Gasteiger partial charge in [-0.3, -0.25) is 19.7 Å². The van der Waals surface area contributed by atoms with Crippen LogP contribution in [0, 0.1) is 17.0 Å². The van der Waals surface area contributed by atoms with Gasteiger partial charge >= 0.3 is 0 Å². The Labute approximate surface area is 189 Å². The summed E-state index contributed by atoms with van der Waals surface area (Å²) in [5.41, 5.74) is 1.79. The normalized spacial score (nSPS) is 17.5. The van der Waals surface area contributed by atoms with E-state index in [1.165, 1.54) is 29.2 Å². The van der Waals surface area contributed by atoms with Crippen molar-refractivity contribution in [3.05, 3.63) is 99.6 Å². The van der Waals surface area contributed by atoms with Crippen molar-refractivity contribution in [3.63, 3.8) is 0 Å². The van der Waals surface area contributed by atoms with Crippen LogP contribution >= 0.6 is 0 Å². The van der Waals surface area contributed by atoms with Crippen molar-refractivity contribution in [1.29, 1.82) is 0 Å². The van der Waals surface area contributed by atoms with Crippen LogP contribution in [0.5, 0.6) is 0 Å². The molecule has 4 rings (SSSR count). The number of Topliss-reactive ketones (excluding diaryl/α,β-unsaturated/α-hetero) is 1. The molecule has 0 aliphatic carbocycles. The summed E-state index contributed by atoms with van der Waals surface area (Å²) in [4.78, 5) is 41.9. The minimum atomic E-state index is -0.852. The zero-order valence-corrected chi connectivity index (χ0v) is 17.9. The lowest BCUT2D eigenvalue weighted by Crippen LogP contribution is -2.31. The van der Waals surface area contributed by atoms with Gasteiger partial charge in [0.2, 0.25) is 0 Å². The first-order valence-corrected chi connectivity index (χ1v) is 10.4. The Kier molecular flexibility index (Phi) is 6.03. The van der Waals surface area contributed by atoms with Gasteiger partial charge in [0.1, 0.15) is 5.76 Å². The van der Waals surface area contributed by atoms with Gasteiger partial charge in [-0.2, -0.15) is 0 Å². The van der Waals surface area contributed by atoms with Gasteiger partial charge < -0.3 is 14.6 Å². The van der Waals surface area contributed by atoms with Gasteiger partial charge in [0.25, 0.3) is 17.4 Å². The van der Waals surface area contributed by atoms with Gasteiger partial charge in [0.05, 0.1) is 22.9 Å². The molecule has 1 saturated heterocycles. The molecule has 33 heavy (non-hydrogen) atoms. The van der Waals surface area contributed by atoms with Crippen molar-refractivity contribution in [2.24, 2.45) is 0 Å². The lowest BCUT2D eigenvalue weighted by atomic mass is 9.95. The number of rotatable bonds is 7. The number of hydrogen-bond acceptors (Lipinski definition) is 6. The number of aromatic nitrogens is 2. The fourth-order valence-electron chi connectivity index (χ4n) is 3.95. The largest absolute Gasteiger partial charge is 0.507 e. The average molecular weight is 446 g/mol. The molecule has 1 aliphatic rings. The number of aliphatic hydroxyl groups excluding tert-OH is 1. The average Bonchev–Trinajstić information content (AvgIpc) is 3.41. The van der Waals surface area contributed by atoms with E-state index in [2.05, 4.69) is 4.98 Å². The molecular formula is C24H22N4O5. The fraction of sp³-hybridized carbons (Fsp3) is 0.208. The zero-order valence-electron chi connectivity index (χ0n) is 17.9. The molecule has 1 aliphatic heterocycles. The van der Waals surface area contributed by atoms with E-state index in [1.54, 1.807) is 43.0 Å². The predicted octanol–water partition coefficient (Wildman–Crippen LogP) is 3.61. The van der Waals surface area contributed by atoms with E-state index >= 15 is 0 Å². The summed E-state index contributed by atoms with van der Waals surface area (Å²) < 4.78 is 1.86. The molecule has 2 heterocycles. The molecule has 0 spiro atoms. The number of benzene rings is 2. The minimum absolute atomic E-state index is 0.0275. The number of carbonyl (C=O) groups excluding carboxylic acids is 2. The van der Waals surface area contributed by atoms with Gasteiger partial charge in [0.15, 0.2) is 0 Å². The number of aryl methyl sites for hydroxylation is 2. The van der Waals surface area contributed by atoms with E-state index in [1.807, 2.05) is 11.5 Å². The van der Waals surface area contributed by atoms with Crippen molar-refractivity contribution in [3.8, 4) is 0 Å². The molecule has 2 aromatic carbocycles. The number of amides is 1. The Morgan fingerprint density at radius 2 is 1.79 bits per heavy atom. The first-order chi connectivity index (χ1) is 15.9. The molecule has 1 N–H and O–H groups in total. The van der Waals surface area contributed by atoms with Crippen LogP contribution in [0.3, 0.4) is 0 Å². The Morgan fingerprint density at radius 1 is 1.09 bits per heavy atom. The van der Waals surface area contributed by atoms with Crippen molar-refractivity contribution in [2.45, 2.75) is 25.9 Å². The number of carbonyl (C=O) groups is 2. The van der Waals surface area contributed by atoms with Crippen LogP contribution in [0.1, 0.15) is 29.2 Å². The number of likely N-dealkylation sites (tertiary alicyclic amines) is 1. The maximum atomic E-state index is 13.0. The molecule has 1 amide bonds. The van der Waals surface area contributed by atoms with E-state index in [0.717, 1.165) is 5.56 Å². The van der Waals surface area contributed by atoms with E-state index in [9.17, 15) is 24.8 Å². The highest BCUT2D eigenvalue weighted by Gasteiger charge is 2.45. The van der Waals surface area contributed by atoms with Crippen molar-refractivity contribution in [2.75, 3.05) is 6.54 Å². The molecule has 168 valence electrons. The number of nitrogens with zero attached hydrogens (tertiary/aromatic N) is 4. The van der Waals surface area contributed by atoms with E-state index < -0.39 is 22.7 Å². The monoisotopic (exact) mass is 446 g/mol. The Balaban J connectivity index is 1.74. The van der Waals surface area contributed by atoms with Crippen LogP contribution in [0.25, 0.3) is 5.76 Å². The summed E-state index contributed by atoms with van der Waals surface area (Å²) in [6.45, 7) is 2.75. The molecule has 1 aromatic heterocycles. The Hall–Kier alpha value is -4.27. The maximum absolute atomic E-state index is 13.0. The van der Waals surface area contributed by atoms with Gasteiger partial charge in [-0.1, -0.05) is 29.8 Å². The molecule has 9 nitrogen and oxygen atoms in total. The summed E-state index contributed by atoms with van der Waals surface area (Å²) in [7, 11) is 0. The lowest BCUT2D eigenvalue weighted by Gasteiger charge is -2.25. The first kappa shape index (κ1) is 21.9. The molecule has 1 fully saturated rings. The quantitative estimate of drug-likeness (QED) is 0.195. The molecule has 1 unspecified atom stereocenters. The minimum Gasteiger partial charge on any atom is -0.507 e. The van der Waals surface area contributed by atoms with Crippen LogP contribution in [0.15, 0.2) is 72.8 Å². The second kappa shape index (κ2) is 9.07. The van der Waals surface area contributed by atoms with Crippen molar-refractivity contribution in [1.82, 2.24) is 14.5 Å². The summed E-state index contributed by atoms with van der Waals surface area (Å²) >= 11 is 0. The molecular weight excluding hydrogens is 424 g/mol. The van der Waals surface area contributed by atoms with Crippen LogP contribution in [-0.4, -0.2) is 42.7 Å². The second-order valence-corrected chi connectivity index (χ2v) is 7.86. The van der Waals surface area contributed by atoms with Crippen LogP contribution in [-0.2, 0) is 16.1 Å². The number of hydrogen-bond donors (Lipinski definition) is 1. The topological polar surface area (TPSA) is 119 Å². The Morgan fingerprint density at radius 3 is 2.39 bits per heavy atom. The fourth-order valence-corrected chi connectivity index (χ4v) is 3.95. The number of non-ortho nitro benzene ring substituents is 1. The van der Waals surface area contributed by atoms with Gasteiger partial charge in [0, 0.05) is 43.2 Å². The standard InChI is InChI=1S/C24H22N4O5/c1-16-3-5-18(6-4-16)22(29)20-21(17-7-9-19(10-8-17)28(32)33)27(24(31)23(20)30)13-2-12-26-14-11-25-15-26/h3-11,14-15,21,29H,2,12-13H2,1H3/b22-20-. The molecule has 3 aromatic rings. The molecule has 0 radical (unpaired) electrons. The van der Waals surface area contributed by atoms with Crippen LogP contribution in [0.4, 0.5) is 5.69 Å². The number of imidazole rings is 1. The van der Waals surface area contributed by atoms with E-state index in [0.29, 0.717) is 24.1 Å². The Bertz CT molecular complexity index is 1210.